The molecule has 3 nitrogen and oxygen atoms in total. The van der Waals surface area contributed by atoms with Crippen LogP contribution < -0.4 is 0 Å². The summed E-state index contributed by atoms with van der Waals surface area (Å²) in [6.45, 7) is 2.09. The average molecular weight is 313 g/mol. The van der Waals surface area contributed by atoms with Crippen molar-refractivity contribution < 1.29 is 22.7 Å². The van der Waals surface area contributed by atoms with Gasteiger partial charge in [-0.05, 0) is 43.7 Å². The van der Waals surface area contributed by atoms with Crippen molar-refractivity contribution in [2.75, 3.05) is 6.61 Å². The number of ether oxygens (including phenoxy) is 1. The Hall–Kier alpha value is -1.85. The van der Waals surface area contributed by atoms with E-state index in [1.165, 1.54) is 6.20 Å². The highest BCUT2D eigenvalue weighted by atomic mass is 19.4. The molecule has 1 atom stereocenters. The van der Waals surface area contributed by atoms with Gasteiger partial charge in [0.15, 0.2) is 0 Å². The number of pyridine rings is 1. The summed E-state index contributed by atoms with van der Waals surface area (Å²) in [6, 6.07) is 1.00. The molecule has 0 fully saturated rings. The van der Waals surface area contributed by atoms with E-state index in [-0.39, 0.29) is 17.5 Å². The molecule has 0 spiro atoms. The number of hydrogen-bond acceptors (Lipinski definition) is 3. The van der Waals surface area contributed by atoms with Gasteiger partial charge in [0, 0.05) is 24.4 Å². The molecule has 1 aromatic heterocycles. The lowest BCUT2D eigenvalue weighted by Gasteiger charge is -2.23. The van der Waals surface area contributed by atoms with Gasteiger partial charge < -0.3 is 4.74 Å². The first-order chi connectivity index (χ1) is 10.4. The third kappa shape index (κ3) is 4.08. The molecule has 1 unspecified atom stereocenters. The Morgan fingerprint density at radius 2 is 2.23 bits per heavy atom. The Morgan fingerprint density at radius 1 is 1.45 bits per heavy atom. The summed E-state index contributed by atoms with van der Waals surface area (Å²) in [5.74, 6) is -0.115. The molecule has 120 valence electrons. The Balaban J connectivity index is 2.10. The van der Waals surface area contributed by atoms with Gasteiger partial charge in [-0.15, -0.1) is 0 Å². The monoisotopic (exact) mass is 313 g/mol. The number of aromatic nitrogens is 1. The van der Waals surface area contributed by atoms with Crippen LogP contribution in [0.25, 0.3) is 5.57 Å². The second-order valence-electron chi connectivity index (χ2n) is 5.30. The summed E-state index contributed by atoms with van der Waals surface area (Å²) in [4.78, 5) is 15.3. The summed E-state index contributed by atoms with van der Waals surface area (Å²) in [5, 5.41) is 0. The van der Waals surface area contributed by atoms with Crippen molar-refractivity contribution in [2.24, 2.45) is 5.92 Å². The summed E-state index contributed by atoms with van der Waals surface area (Å²) >= 11 is 0. The number of esters is 1. The van der Waals surface area contributed by atoms with Crippen LogP contribution in [-0.2, 0) is 15.7 Å². The molecule has 0 aliphatic heterocycles. The Labute approximate surface area is 127 Å². The molecule has 1 aliphatic rings. The minimum atomic E-state index is -4.39. The van der Waals surface area contributed by atoms with Gasteiger partial charge in [-0.1, -0.05) is 6.08 Å². The zero-order valence-electron chi connectivity index (χ0n) is 12.3. The largest absolute Gasteiger partial charge is 0.466 e. The number of carbonyl (C=O) groups is 1. The van der Waals surface area contributed by atoms with Crippen LogP contribution in [0.5, 0.6) is 0 Å². The highest BCUT2D eigenvalue weighted by Gasteiger charge is 2.34. The van der Waals surface area contributed by atoms with Crippen LogP contribution in [0.1, 0.15) is 43.7 Å². The Kier molecular flexibility index (Phi) is 5.21. The van der Waals surface area contributed by atoms with Crippen molar-refractivity contribution in [1.29, 1.82) is 0 Å². The first-order valence-corrected chi connectivity index (χ1v) is 7.28. The molecule has 0 aromatic carbocycles. The predicted molar refractivity (Wildman–Crippen MR) is 75.8 cm³/mol. The van der Waals surface area contributed by atoms with Crippen molar-refractivity contribution in [3.63, 3.8) is 0 Å². The van der Waals surface area contributed by atoms with E-state index in [1.54, 1.807) is 13.0 Å². The van der Waals surface area contributed by atoms with Crippen LogP contribution in [-0.4, -0.2) is 17.6 Å². The van der Waals surface area contributed by atoms with Gasteiger partial charge in [-0.2, -0.15) is 13.2 Å². The smallest absolute Gasteiger partial charge is 0.417 e. The Bertz CT molecular complexity index is 567. The van der Waals surface area contributed by atoms with E-state index < -0.39 is 11.7 Å². The van der Waals surface area contributed by atoms with Crippen LogP contribution >= 0.6 is 0 Å². The van der Waals surface area contributed by atoms with Crippen LogP contribution in [0.2, 0.25) is 0 Å². The lowest BCUT2D eigenvalue weighted by atomic mass is 9.84. The molecule has 2 rings (SSSR count). The number of allylic oxidation sites excluding steroid dienone is 2. The first kappa shape index (κ1) is 16.5. The summed E-state index contributed by atoms with van der Waals surface area (Å²) in [5.41, 5.74) is 0.141. The van der Waals surface area contributed by atoms with E-state index in [0.29, 0.717) is 37.9 Å². The fourth-order valence-corrected chi connectivity index (χ4v) is 2.67. The molecule has 1 aromatic rings. The van der Waals surface area contributed by atoms with E-state index in [2.05, 4.69) is 4.98 Å². The zero-order chi connectivity index (χ0) is 16.2. The van der Waals surface area contributed by atoms with Crippen LogP contribution in [0.15, 0.2) is 24.5 Å². The quantitative estimate of drug-likeness (QED) is 0.781. The van der Waals surface area contributed by atoms with Gasteiger partial charge >= 0.3 is 12.1 Å². The minimum Gasteiger partial charge on any atom is -0.466 e. The van der Waals surface area contributed by atoms with Crippen molar-refractivity contribution >= 4 is 11.5 Å². The van der Waals surface area contributed by atoms with Gasteiger partial charge in [-0.25, -0.2) is 0 Å². The minimum absolute atomic E-state index is 0.133. The van der Waals surface area contributed by atoms with Gasteiger partial charge in [0.25, 0.3) is 0 Å². The standard InChI is InChI=1S/C16H18F3NO2/c1-2-22-15(21)9-11-3-5-12(6-4-11)13-10-20-8-7-14(13)16(17,18)19/h5,7-8,10-11H,2-4,6,9H2,1H3. The normalized spacial score (nSPS) is 18.7. The average Bonchev–Trinajstić information content (AvgIpc) is 2.47. The van der Waals surface area contributed by atoms with Crippen molar-refractivity contribution in [3.8, 4) is 0 Å². The van der Waals surface area contributed by atoms with Crippen molar-refractivity contribution in [2.45, 2.75) is 38.8 Å². The van der Waals surface area contributed by atoms with Crippen LogP contribution in [0.4, 0.5) is 13.2 Å². The first-order valence-electron chi connectivity index (χ1n) is 7.28. The molecular weight excluding hydrogens is 295 g/mol. The van der Waals surface area contributed by atoms with Gasteiger partial charge in [-0.3, -0.25) is 9.78 Å². The summed E-state index contributed by atoms with van der Waals surface area (Å²) in [6.07, 6.45) is 1.91. The van der Waals surface area contributed by atoms with E-state index in [0.717, 1.165) is 12.3 Å². The van der Waals surface area contributed by atoms with Crippen molar-refractivity contribution in [1.82, 2.24) is 4.98 Å². The predicted octanol–water partition coefficient (Wildman–Crippen LogP) is 4.24. The molecule has 0 amide bonds. The number of halogens is 3. The Morgan fingerprint density at radius 3 is 2.82 bits per heavy atom. The maximum absolute atomic E-state index is 13.0. The molecular formula is C16H18F3NO2. The maximum atomic E-state index is 13.0. The second kappa shape index (κ2) is 6.94. The molecule has 0 saturated heterocycles. The molecule has 0 saturated carbocycles. The molecule has 0 radical (unpaired) electrons. The fraction of sp³-hybridized carbons (Fsp3) is 0.500. The molecule has 1 aliphatic carbocycles. The lowest BCUT2D eigenvalue weighted by molar-refractivity contribution is -0.144. The number of hydrogen-bond donors (Lipinski definition) is 0. The highest BCUT2D eigenvalue weighted by Crippen LogP contribution is 2.38. The van der Waals surface area contributed by atoms with Gasteiger partial charge in [0.05, 0.1) is 12.2 Å². The number of rotatable bonds is 4. The van der Waals surface area contributed by atoms with Crippen LogP contribution in [0.3, 0.4) is 0 Å². The SMILES string of the molecule is CCOC(=O)CC1CC=C(c2cnccc2C(F)(F)F)CC1. The number of carbonyl (C=O) groups excluding carboxylic acids is 1. The summed E-state index contributed by atoms with van der Waals surface area (Å²) in [7, 11) is 0. The lowest BCUT2D eigenvalue weighted by Crippen LogP contribution is -2.15. The number of alkyl halides is 3. The van der Waals surface area contributed by atoms with Gasteiger partial charge in [0.2, 0.25) is 0 Å². The zero-order valence-corrected chi connectivity index (χ0v) is 12.3. The molecule has 0 bridgehead atoms. The topological polar surface area (TPSA) is 39.2 Å². The molecule has 1 heterocycles. The fourth-order valence-electron chi connectivity index (χ4n) is 2.67. The molecule has 22 heavy (non-hydrogen) atoms. The molecule has 6 heteroatoms. The van der Waals surface area contributed by atoms with Crippen molar-refractivity contribution in [3.05, 3.63) is 35.7 Å². The van der Waals surface area contributed by atoms with Crippen LogP contribution in [0, 0.1) is 5.92 Å². The molecule has 0 N–H and O–H groups in total. The van der Waals surface area contributed by atoms with Gasteiger partial charge in [0.1, 0.15) is 0 Å². The third-order valence-corrected chi connectivity index (χ3v) is 3.75. The maximum Gasteiger partial charge on any atom is 0.417 e. The highest BCUT2D eigenvalue weighted by molar-refractivity contribution is 5.71. The summed E-state index contributed by atoms with van der Waals surface area (Å²) < 4.78 is 44.0. The van der Waals surface area contributed by atoms with E-state index in [9.17, 15) is 18.0 Å². The second-order valence-corrected chi connectivity index (χ2v) is 5.30. The van der Waals surface area contributed by atoms with E-state index in [4.69, 9.17) is 4.74 Å². The van der Waals surface area contributed by atoms with E-state index >= 15 is 0 Å². The third-order valence-electron chi connectivity index (χ3n) is 3.75. The number of nitrogens with zero attached hydrogens (tertiary/aromatic N) is 1. The van der Waals surface area contributed by atoms with E-state index in [1.807, 2.05) is 0 Å².